The summed E-state index contributed by atoms with van der Waals surface area (Å²) in [6, 6.07) is 0. The van der Waals surface area contributed by atoms with E-state index in [9.17, 15) is 4.79 Å². The fraction of sp³-hybridized carbons (Fsp3) is 0.933. The highest BCUT2D eigenvalue weighted by Crippen LogP contribution is 2.17. The Kier molecular flexibility index (Phi) is 8.50. The van der Waals surface area contributed by atoms with E-state index in [4.69, 9.17) is 0 Å². The van der Waals surface area contributed by atoms with Crippen molar-refractivity contribution < 1.29 is 4.79 Å². The molecule has 2 rings (SSSR count). The monoisotopic (exact) mass is 303 g/mol. The summed E-state index contributed by atoms with van der Waals surface area (Å²) in [5, 5.41) is 6.49. The van der Waals surface area contributed by atoms with Gasteiger partial charge in [-0.3, -0.25) is 4.79 Å². The second-order valence-electron chi connectivity index (χ2n) is 6.05. The van der Waals surface area contributed by atoms with Gasteiger partial charge < -0.3 is 15.5 Å². The van der Waals surface area contributed by atoms with E-state index in [1.54, 1.807) is 0 Å². The van der Waals surface area contributed by atoms with Crippen LogP contribution in [-0.2, 0) is 4.79 Å². The van der Waals surface area contributed by atoms with Crippen LogP contribution in [0.4, 0.5) is 0 Å². The predicted molar refractivity (Wildman–Crippen MR) is 85.3 cm³/mol. The molecular weight excluding hydrogens is 274 g/mol. The van der Waals surface area contributed by atoms with Gasteiger partial charge in [-0.05, 0) is 70.7 Å². The number of likely N-dealkylation sites (tertiary alicyclic amines) is 1. The molecule has 0 unspecified atom stereocenters. The molecule has 0 saturated carbocycles. The SMILES string of the molecule is CCCN1CCC(CNC(=O)C2CCNCC2)CC1.Cl. The molecular formula is C15H30ClN3O. The number of amides is 1. The van der Waals surface area contributed by atoms with Crippen molar-refractivity contribution in [3.8, 4) is 0 Å². The molecule has 0 aromatic carbocycles. The Balaban J connectivity index is 0.00000200. The van der Waals surface area contributed by atoms with Crippen LogP contribution >= 0.6 is 12.4 Å². The van der Waals surface area contributed by atoms with Crippen molar-refractivity contribution in [2.24, 2.45) is 11.8 Å². The molecule has 0 aliphatic carbocycles. The molecule has 1 amide bonds. The molecule has 0 aromatic rings. The smallest absolute Gasteiger partial charge is 0.223 e. The van der Waals surface area contributed by atoms with Gasteiger partial charge in [-0.25, -0.2) is 0 Å². The molecule has 2 N–H and O–H groups in total. The number of hydrogen-bond donors (Lipinski definition) is 2. The number of nitrogens with zero attached hydrogens (tertiary/aromatic N) is 1. The molecule has 0 atom stereocenters. The standard InChI is InChI=1S/C15H29N3O.ClH/c1-2-9-18-10-5-13(6-11-18)12-17-15(19)14-3-7-16-8-4-14;/h13-14,16H,2-12H2,1H3,(H,17,19);1H. The molecule has 2 aliphatic rings. The number of rotatable bonds is 5. The molecule has 0 bridgehead atoms. The molecule has 4 nitrogen and oxygen atoms in total. The van der Waals surface area contributed by atoms with E-state index in [1.165, 1.54) is 38.9 Å². The fourth-order valence-electron chi connectivity index (χ4n) is 3.20. The van der Waals surface area contributed by atoms with Gasteiger partial charge in [0.2, 0.25) is 5.91 Å². The Morgan fingerprint density at radius 2 is 1.85 bits per heavy atom. The normalized spacial score (nSPS) is 22.2. The summed E-state index contributed by atoms with van der Waals surface area (Å²) in [5.41, 5.74) is 0. The average Bonchev–Trinajstić information content (AvgIpc) is 2.47. The Bertz CT molecular complexity index is 274. The lowest BCUT2D eigenvalue weighted by Gasteiger charge is -2.32. The largest absolute Gasteiger partial charge is 0.356 e. The summed E-state index contributed by atoms with van der Waals surface area (Å²) in [7, 11) is 0. The van der Waals surface area contributed by atoms with Crippen molar-refractivity contribution in [2.45, 2.75) is 39.0 Å². The van der Waals surface area contributed by atoms with Crippen LogP contribution in [0.1, 0.15) is 39.0 Å². The fourth-order valence-corrected chi connectivity index (χ4v) is 3.20. The number of carbonyl (C=O) groups excluding carboxylic acids is 1. The van der Waals surface area contributed by atoms with Crippen molar-refractivity contribution in [2.75, 3.05) is 39.3 Å². The zero-order valence-electron chi connectivity index (χ0n) is 12.7. The molecule has 5 heteroatoms. The van der Waals surface area contributed by atoms with Gasteiger partial charge in [0.1, 0.15) is 0 Å². The number of hydrogen-bond acceptors (Lipinski definition) is 3. The Morgan fingerprint density at radius 1 is 1.20 bits per heavy atom. The Labute approximate surface area is 129 Å². The van der Waals surface area contributed by atoms with Crippen LogP contribution < -0.4 is 10.6 Å². The predicted octanol–water partition coefficient (Wildman–Crippen LogP) is 1.65. The number of halogens is 1. The molecule has 2 heterocycles. The lowest BCUT2D eigenvalue weighted by molar-refractivity contribution is -0.126. The van der Waals surface area contributed by atoms with E-state index in [0.717, 1.165) is 32.5 Å². The van der Waals surface area contributed by atoms with Crippen LogP contribution in [-0.4, -0.2) is 50.1 Å². The van der Waals surface area contributed by atoms with E-state index < -0.39 is 0 Å². The van der Waals surface area contributed by atoms with Crippen molar-refractivity contribution in [1.82, 2.24) is 15.5 Å². The van der Waals surface area contributed by atoms with Crippen LogP contribution in [0.3, 0.4) is 0 Å². The quantitative estimate of drug-likeness (QED) is 0.812. The lowest BCUT2D eigenvalue weighted by Crippen LogP contribution is -2.42. The van der Waals surface area contributed by atoms with Gasteiger partial charge in [0.05, 0.1) is 0 Å². The first-order chi connectivity index (χ1) is 9.29. The van der Waals surface area contributed by atoms with Gasteiger partial charge in [0, 0.05) is 12.5 Å². The highest BCUT2D eigenvalue weighted by atomic mass is 35.5. The van der Waals surface area contributed by atoms with E-state index >= 15 is 0 Å². The minimum absolute atomic E-state index is 0. The van der Waals surface area contributed by atoms with Crippen molar-refractivity contribution in [3.63, 3.8) is 0 Å². The molecule has 0 radical (unpaired) electrons. The summed E-state index contributed by atoms with van der Waals surface area (Å²) >= 11 is 0. The lowest BCUT2D eigenvalue weighted by atomic mass is 9.94. The maximum atomic E-state index is 12.1. The maximum Gasteiger partial charge on any atom is 0.223 e. The van der Waals surface area contributed by atoms with Crippen LogP contribution in [0.5, 0.6) is 0 Å². The Hall–Kier alpha value is -0.320. The van der Waals surface area contributed by atoms with E-state index in [0.29, 0.717) is 5.92 Å². The summed E-state index contributed by atoms with van der Waals surface area (Å²) < 4.78 is 0. The second kappa shape index (κ2) is 9.59. The summed E-state index contributed by atoms with van der Waals surface area (Å²) in [5.74, 6) is 1.23. The minimum atomic E-state index is 0. The van der Waals surface area contributed by atoms with Crippen molar-refractivity contribution in [1.29, 1.82) is 0 Å². The third kappa shape index (κ3) is 5.58. The van der Waals surface area contributed by atoms with Gasteiger partial charge in [-0.1, -0.05) is 6.92 Å². The van der Waals surface area contributed by atoms with E-state index in [2.05, 4.69) is 22.5 Å². The van der Waals surface area contributed by atoms with Gasteiger partial charge in [0.25, 0.3) is 0 Å². The van der Waals surface area contributed by atoms with Crippen LogP contribution in [0.25, 0.3) is 0 Å². The number of nitrogens with one attached hydrogen (secondary N) is 2. The zero-order chi connectivity index (χ0) is 13.5. The highest BCUT2D eigenvalue weighted by molar-refractivity contribution is 5.85. The van der Waals surface area contributed by atoms with Crippen LogP contribution in [0.2, 0.25) is 0 Å². The first-order valence-electron chi connectivity index (χ1n) is 8.00. The van der Waals surface area contributed by atoms with Gasteiger partial charge >= 0.3 is 0 Å². The number of piperidine rings is 2. The molecule has 2 saturated heterocycles. The van der Waals surface area contributed by atoms with Gasteiger partial charge in [-0.2, -0.15) is 0 Å². The molecule has 20 heavy (non-hydrogen) atoms. The second-order valence-corrected chi connectivity index (χ2v) is 6.05. The van der Waals surface area contributed by atoms with Gasteiger partial charge in [0.15, 0.2) is 0 Å². The Morgan fingerprint density at radius 3 is 2.45 bits per heavy atom. The van der Waals surface area contributed by atoms with Crippen LogP contribution in [0, 0.1) is 11.8 Å². The van der Waals surface area contributed by atoms with Crippen LogP contribution in [0.15, 0.2) is 0 Å². The minimum Gasteiger partial charge on any atom is -0.356 e. The molecule has 2 fully saturated rings. The topological polar surface area (TPSA) is 44.4 Å². The molecule has 0 spiro atoms. The summed E-state index contributed by atoms with van der Waals surface area (Å²) in [4.78, 5) is 14.6. The number of carbonyl (C=O) groups is 1. The third-order valence-corrected chi connectivity index (χ3v) is 4.52. The average molecular weight is 304 g/mol. The highest BCUT2D eigenvalue weighted by Gasteiger charge is 2.23. The first-order valence-corrected chi connectivity index (χ1v) is 8.00. The summed E-state index contributed by atoms with van der Waals surface area (Å²) in [6.07, 6.45) is 5.73. The van der Waals surface area contributed by atoms with E-state index in [-0.39, 0.29) is 24.2 Å². The molecule has 2 aliphatic heterocycles. The summed E-state index contributed by atoms with van der Waals surface area (Å²) in [6.45, 7) is 8.77. The van der Waals surface area contributed by atoms with Gasteiger partial charge in [-0.15, -0.1) is 12.4 Å². The molecule has 118 valence electrons. The van der Waals surface area contributed by atoms with Crippen molar-refractivity contribution in [3.05, 3.63) is 0 Å². The van der Waals surface area contributed by atoms with E-state index in [1.807, 2.05) is 0 Å². The first kappa shape index (κ1) is 17.7. The van der Waals surface area contributed by atoms with Crippen molar-refractivity contribution >= 4 is 18.3 Å². The third-order valence-electron chi connectivity index (χ3n) is 4.52. The maximum absolute atomic E-state index is 12.1. The zero-order valence-corrected chi connectivity index (χ0v) is 13.5. The molecule has 0 aromatic heterocycles.